The van der Waals surface area contributed by atoms with Crippen molar-refractivity contribution in [1.29, 1.82) is 0 Å². The van der Waals surface area contributed by atoms with E-state index in [1.54, 1.807) is 6.07 Å². The number of aromatic nitrogens is 2. The van der Waals surface area contributed by atoms with Gasteiger partial charge in [0.25, 0.3) is 5.56 Å². The number of hydrogen-bond acceptors (Lipinski definition) is 3. The Balaban J connectivity index is 1.87. The molecule has 2 fully saturated rings. The van der Waals surface area contributed by atoms with Gasteiger partial charge in [0.15, 0.2) is 0 Å². The predicted octanol–water partition coefficient (Wildman–Crippen LogP) is 1.50. The molecular formula is C13H19N3O. The van der Waals surface area contributed by atoms with Gasteiger partial charge in [0.05, 0.1) is 5.69 Å². The van der Waals surface area contributed by atoms with E-state index in [-0.39, 0.29) is 5.56 Å². The Morgan fingerprint density at radius 2 is 2.06 bits per heavy atom. The molecule has 3 rings (SSSR count). The molecule has 0 bridgehead atoms. The molecule has 2 heterocycles. The fourth-order valence-electron chi connectivity index (χ4n) is 2.53. The van der Waals surface area contributed by atoms with Crippen LogP contribution in [0.2, 0.25) is 0 Å². The first kappa shape index (κ1) is 11.0. The standard InChI is InChI=1S/C13H19N3O/c17-12-7-11(9-4-5-9)15-13(16-12)10-3-1-2-6-14-8-10/h7,9-10,14H,1-6,8H2,(H,15,16,17). The quantitative estimate of drug-likeness (QED) is 0.814. The third kappa shape index (κ3) is 2.57. The predicted molar refractivity (Wildman–Crippen MR) is 66.3 cm³/mol. The molecule has 0 amide bonds. The molecule has 1 aliphatic heterocycles. The van der Waals surface area contributed by atoms with Gasteiger partial charge in [0.1, 0.15) is 5.82 Å². The van der Waals surface area contributed by atoms with Crippen molar-refractivity contribution in [2.24, 2.45) is 0 Å². The molecule has 1 unspecified atom stereocenters. The van der Waals surface area contributed by atoms with Gasteiger partial charge in [-0.1, -0.05) is 6.42 Å². The smallest absolute Gasteiger partial charge is 0.251 e. The highest BCUT2D eigenvalue weighted by Gasteiger charge is 2.27. The lowest BCUT2D eigenvalue weighted by Gasteiger charge is -2.13. The van der Waals surface area contributed by atoms with Gasteiger partial charge in [-0.15, -0.1) is 0 Å². The zero-order chi connectivity index (χ0) is 11.7. The highest BCUT2D eigenvalue weighted by molar-refractivity contribution is 5.15. The van der Waals surface area contributed by atoms with Crippen LogP contribution in [0.5, 0.6) is 0 Å². The lowest BCUT2D eigenvalue weighted by atomic mass is 10.0. The largest absolute Gasteiger partial charge is 0.316 e. The van der Waals surface area contributed by atoms with Crippen molar-refractivity contribution >= 4 is 0 Å². The molecule has 1 aromatic heterocycles. The van der Waals surface area contributed by atoms with Gasteiger partial charge in [-0.05, 0) is 32.2 Å². The van der Waals surface area contributed by atoms with E-state index < -0.39 is 0 Å². The Morgan fingerprint density at radius 3 is 2.88 bits per heavy atom. The van der Waals surface area contributed by atoms with Crippen LogP contribution in [0.1, 0.15) is 55.5 Å². The first-order valence-corrected chi connectivity index (χ1v) is 6.65. The Hall–Kier alpha value is -1.16. The summed E-state index contributed by atoms with van der Waals surface area (Å²) in [4.78, 5) is 19.2. The minimum Gasteiger partial charge on any atom is -0.316 e. The van der Waals surface area contributed by atoms with Gasteiger partial charge in [-0.2, -0.15) is 0 Å². The fourth-order valence-corrected chi connectivity index (χ4v) is 2.53. The Kier molecular flexibility index (Phi) is 2.97. The van der Waals surface area contributed by atoms with E-state index in [0.717, 1.165) is 31.0 Å². The number of H-pyrrole nitrogens is 1. The van der Waals surface area contributed by atoms with Crippen molar-refractivity contribution in [3.63, 3.8) is 0 Å². The molecule has 0 spiro atoms. The van der Waals surface area contributed by atoms with Crippen LogP contribution >= 0.6 is 0 Å². The Bertz CT molecular complexity index is 442. The maximum Gasteiger partial charge on any atom is 0.251 e. The van der Waals surface area contributed by atoms with Crippen molar-refractivity contribution in [1.82, 2.24) is 15.3 Å². The summed E-state index contributed by atoms with van der Waals surface area (Å²) in [6, 6.07) is 1.67. The summed E-state index contributed by atoms with van der Waals surface area (Å²) in [7, 11) is 0. The van der Waals surface area contributed by atoms with Gasteiger partial charge >= 0.3 is 0 Å². The second kappa shape index (κ2) is 4.61. The van der Waals surface area contributed by atoms with Crippen molar-refractivity contribution in [3.8, 4) is 0 Å². The first-order chi connectivity index (χ1) is 8.33. The number of rotatable bonds is 2. The molecular weight excluding hydrogens is 214 g/mol. The molecule has 2 aliphatic rings. The van der Waals surface area contributed by atoms with E-state index >= 15 is 0 Å². The molecule has 1 aliphatic carbocycles. The van der Waals surface area contributed by atoms with Crippen LogP contribution < -0.4 is 10.9 Å². The van der Waals surface area contributed by atoms with Crippen molar-refractivity contribution < 1.29 is 0 Å². The SMILES string of the molecule is O=c1cc(C2CC2)nc(C2CCCCNC2)[nH]1. The molecule has 4 nitrogen and oxygen atoms in total. The van der Waals surface area contributed by atoms with Crippen molar-refractivity contribution in [2.45, 2.75) is 43.9 Å². The minimum atomic E-state index is 0.0150. The van der Waals surface area contributed by atoms with Crippen molar-refractivity contribution in [3.05, 3.63) is 27.9 Å². The third-order valence-electron chi connectivity index (χ3n) is 3.71. The maximum absolute atomic E-state index is 11.7. The second-order valence-electron chi connectivity index (χ2n) is 5.23. The molecule has 2 N–H and O–H groups in total. The van der Waals surface area contributed by atoms with E-state index in [4.69, 9.17) is 0 Å². The fraction of sp³-hybridized carbons (Fsp3) is 0.692. The lowest BCUT2D eigenvalue weighted by molar-refractivity contribution is 0.572. The van der Waals surface area contributed by atoms with Crippen LogP contribution in [0.4, 0.5) is 0 Å². The molecule has 1 aromatic rings. The van der Waals surface area contributed by atoms with E-state index in [2.05, 4.69) is 15.3 Å². The van der Waals surface area contributed by atoms with Crippen LogP contribution in [0.25, 0.3) is 0 Å². The first-order valence-electron chi connectivity index (χ1n) is 6.65. The summed E-state index contributed by atoms with van der Waals surface area (Å²) in [5.41, 5.74) is 1.02. The average Bonchev–Trinajstić information content (AvgIpc) is 3.16. The summed E-state index contributed by atoms with van der Waals surface area (Å²) in [5, 5.41) is 3.42. The molecule has 4 heteroatoms. The van der Waals surface area contributed by atoms with Gasteiger partial charge in [0.2, 0.25) is 0 Å². The highest BCUT2D eigenvalue weighted by atomic mass is 16.1. The van der Waals surface area contributed by atoms with Crippen LogP contribution in [-0.2, 0) is 0 Å². The molecule has 17 heavy (non-hydrogen) atoms. The van der Waals surface area contributed by atoms with E-state index in [1.165, 1.54) is 25.7 Å². The van der Waals surface area contributed by atoms with Crippen LogP contribution in [-0.4, -0.2) is 23.1 Å². The number of hydrogen-bond donors (Lipinski definition) is 2. The molecule has 0 radical (unpaired) electrons. The lowest BCUT2D eigenvalue weighted by Crippen LogP contribution is -2.23. The second-order valence-corrected chi connectivity index (χ2v) is 5.23. The van der Waals surface area contributed by atoms with Gasteiger partial charge in [-0.3, -0.25) is 4.79 Å². The van der Waals surface area contributed by atoms with Crippen LogP contribution in [0, 0.1) is 0 Å². The van der Waals surface area contributed by atoms with Crippen LogP contribution in [0.3, 0.4) is 0 Å². The monoisotopic (exact) mass is 233 g/mol. The third-order valence-corrected chi connectivity index (χ3v) is 3.71. The number of nitrogens with zero attached hydrogens (tertiary/aromatic N) is 1. The molecule has 1 saturated carbocycles. The normalized spacial score (nSPS) is 25.5. The summed E-state index contributed by atoms with van der Waals surface area (Å²) in [5.74, 6) is 1.83. The van der Waals surface area contributed by atoms with E-state index in [0.29, 0.717) is 11.8 Å². The van der Waals surface area contributed by atoms with Gasteiger partial charge in [-0.25, -0.2) is 4.98 Å². The summed E-state index contributed by atoms with van der Waals surface area (Å²) in [6.07, 6.45) is 5.96. The van der Waals surface area contributed by atoms with E-state index in [1.807, 2.05) is 0 Å². The summed E-state index contributed by atoms with van der Waals surface area (Å²) < 4.78 is 0. The molecule has 0 aromatic carbocycles. The zero-order valence-electron chi connectivity index (χ0n) is 10.0. The maximum atomic E-state index is 11.7. The van der Waals surface area contributed by atoms with Crippen molar-refractivity contribution in [2.75, 3.05) is 13.1 Å². The highest BCUT2D eigenvalue weighted by Crippen LogP contribution is 2.38. The topological polar surface area (TPSA) is 57.8 Å². The Morgan fingerprint density at radius 1 is 1.18 bits per heavy atom. The van der Waals surface area contributed by atoms with Crippen LogP contribution in [0.15, 0.2) is 10.9 Å². The number of aromatic amines is 1. The molecule has 1 atom stereocenters. The van der Waals surface area contributed by atoms with E-state index in [9.17, 15) is 4.79 Å². The molecule has 92 valence electrons. The summed E-state index contributed by atoms with van der Waals surface area (Å²) in [6.45, 7) is 2.03. The van der Waals surface area contributed by atoms with Gasteiger partial charge < -0.3 is 10.3 Å². The van der Waals surface area contributed by atoms with Gasteiger partial charge in [0, 0.05) is 24.4 Å². The minimum absolute atomic E-state index is 0.0150. The molecule has 1 saturated heterocycles. The summed E-state index contributed by atoms with van der Waals surface area (Å²) >= 11 is 0. The number of nitrogens with one attached hydrogen (secondary N) is 2. The average molecular weight is 233 g/mol. The Labute approximate surface area is 101 Å². The zero-order valence-corrected chi connectivity index (χ0v) is 10.0.